The molecule has 2 aromatic carbocycles. The third-order valence-corrected chi connectivity index (χ3v) is 8.39. The van der Waals surface area contributed by atoms with Crippen molar-refractivity contribution in [3.63, 3.8) is 0 Å². The molecule has 0 saturated carbocycles. The maximum absolute atomic E-state index is 15.1. The maximum Gasteiger partial charge on any atom is 0.255 e. The highest BCUT2D eigenvalue weighted by molar-refractivity contribution is 7.18. The Morgan fingerprint density at radius 2 is 1.89 bits per heavy atom. The number of carbonyl (C=O) groups is 3. The number of fused-ring (bicyclic) bond motifs is 2. The number of hydrogen-bond acceptors (Lipinski definition) is 6. The predicted molar refractivity (Wildman–Crippen MR) is 129 cm³/mol. The Hall–Kier alpha value is -3.17. The van der Waals surface area contributed by atoms with E-state index in [-0.39, 0.29) is 36.5 Å². The third-order valence-electron chi connectivity index (χ3n) is 7.37. The molecular weight excluding hydrogens is 467 g/mol. The van der Waals surface area contributed by atoms with Crippen LogP contribution >= 0.6 is 11.3 Å². The zero-order valence-electron chi connectivity index (χ0n) is 19.1. The van der Waals surface area contributed by atoms with Gasteiger partial charge >= 0.3 is 0 Å². The summed E-state index contributed by atoms with van der Waals surface area (Å²) in [4.78, 5) is 45.2. The first kappa shape index (κ1) is 22.3. The van der Waals surface area contributed by atoms with E-state index in [1.165, 1.54) is 15.7 Å². The fourth-order valence-corrected chi connectivity index (χ4v) is 6.51. The van der Waals surface area contributed by atoms with E-state index in [1.54, 1.807) is 11.3 Å². The van der Waals surface area contributed by atoms with Gasteiger partial charge in [0.25, 0.3) is 5.91 Å². The van der Waals surface area contributed by atoms with Crippen LogP contribution in [0.4, 0.5) is 4.39 Å². The number of rotatable bonds is 4. The number of halogens is 1. The van der Waals surface area contributed by atoms with Gasteiger partial charge in [-0.1, -0.05) is 18.2 Å². The van der Waals surface area contributed by atoms with Crippen molar-refractivity contribution in [2.75, 3.05) is 13.1 Å². The molecule has 0 aliphatic carbocycles. The van der Waals surface area contributed by atoms with E-state index in [1.807, 2.05) is 24.3 Å². The molecular formula is C26H25FN4O3S. The monoisotopic (exact) mass is 492 g/mol. The van der Waals surface area contributed by atoms with Crippen LogP contribution in [0.5, 0.6) is 0 Å². The number of benzene rings is 2. The van der Waals surface area contributed by atoms with Crippen LogP contribution in [-0.2, 0) is 22.7 Å². The van der Waals surface area contributed by atoms with E-state index in [0.717, 1.165) is 48.6 Å². The number of likely N-dealkylation sites (tertiary alicyclic amines) is 1. The van der Waals surface area contributed by atoms with Gasteiger partial charge < -0.3 is 4.90 Å². The Labute approximate surface area is 205 Å². The standard InChI is InChI=1S/C26H25FN4O3S/c27-19-12-18-16(13-31(26(18)34)21-5-6-23(32)29-25(21)33)11-17(19)15-7-9-30(10-8-15)14-24-28-20-3-1-2-4-22(20)35-24/h1-4,11-12,15,21H,5-10,13-14H2,(H,29,32,33). The van der Waals surface area contributed by atoms with Gasteiger partial charge in [0.15, 0.2) is 0 Å². The van der Waals surface area contributed by atoms with Crippen molar-refractivity contribution in [2.45, 2.75) is 50.7 Å². The van der Waals surface area contributed by atoms with Crippen LogP contribution in [0.3, 0.4) is 0 Å². The molecule has 2 saturated heterocycles. The van der Waals surface area contributed by atoms with E-state index < -0.39 is 11.9 Å². The first-order chi connectivity index (χ1) is 17.0. The van der Waals surface area contributed by atoms with Gasteiger partial charge in [0.1, 0.15) is 16.9 Å². The van der Waals surface area contributed by atoms with Crippen molar-refractivity contribution < 1.29 is 18.8 Å². The predicted octanol–water partition coefficient (Wildman–Crippen LogP) is 3.58. The summed E-state index contributed by atoms with van der Waals surface area (Å²) in [7, 11) is 0. The lowest BCUT2D eigenvalue weighted by Crippen LogP contribution is -2.52. The Morgan fingerprint density at radius 1 is 1.09 bits per heavy atom. The van der Waals surface area contributed by atoms with E-state index in [9.17, 15) is 14.4 Å². The van der Waals surface area contributed by atoms with Crippen molar-refractivity contribution in [1.29, 1.82) is 0 Å². The molecule has 1 aromatic heterocycles. The third kappa shape index (κ3) is 4.12. The van der Waals surface area contributed by atoms with Gasteiger partial charge in [-0.15, -0.1) is 11.3 Å². The lowest BCUT2D eigenvalue weighted by atomic mass is 9.87. The number of hydrogen-bond donors (Lipinski definition) is 1. The molecule has 9 heteroatoms. The topological polar surface area (TPSA) is 82.6 Å². The summed E-state index contributed by atoms with van der Waals surface area (Å²) in [5, 5.41) is 3.40. The zero-order valence-corrected chi connectivity index (χ0v) is 19.9. The van der Waals surface area contributed by atoms with Crippen molar-refractivity contribution in [3.05, 3.63) is 63.9 Å². The van der Waals surface area contributed by atoms with Crippen LogP contribution in [0.2, 0.25) is 0 Å². The Morgan fingerprint density at radius 3 is 2.66 bits per heavy atom. The normalized spacial score (nSPS) is 21.6. The number of nitrogens with zero attached hydrogens (tertiary/aromatic N) is 3. The first-order valence-corrected chi connectivity index (χ1v) is 12.8. The summed E-state index contributed by atoms with van der Waals surface area (Å²) in [5.41, 5.74) is 2.77. The number of piperidine rings is 2. The molecule has 3 aromatic rings. The van der Waals surface area contributed by atoms with E-state index in [4.69, 9.17) is 4.98 Å². The van der Waals surface area contributed by atoms with Crippen LogP contribution in [-0.4, -0.2) is 51.6 Å². The average molecular weight is 493 g/mol. The SMILES string of the molecule is O=C1CCC(N2Cc3cc(C4CCN(Cc5nc6ccccc6s5)CC4)c(F)cc3C2=O)C(=O)N1. The Balaban J connectivity index is 1.13. The molecule has 35 heavy (non-hydrogen) atoms. The molecule has 3 amide bonds. The second-order valence-electron chi connectivity index (χ2n) is 9.56. The summed E-state index contributed by atoms with van der Waals surface area (Å²) in [6.07, 6.45) is 2.18. The fraction of sp³-hybridized carbons (Fsp3) is 0.385. The smallest absolute Gasteiger partial charge is 0.255 e. The van der Waals surface area contributed by atoms with Crippen LogP contribution < -0.4 is 5.32 Å². The van der Waals surface area contributed by atoms with Crippen molar-refractivity contribution in [1.82, 2.24) is 20.1 Å². The lowest BCUT2D eigenvalue weighted by Gasteiger charge is -2.32. The van der Waals surface area contributed by atoms with Gasteiger partial charge in [-0.25, -0.2) is 9.37 Å². The summed E-state index contributed by atoms with van der Waals surface area (Å²) in [6, 6.07) is 10.6. The first-order valence-electron chi connectivity index (χ1n) is 12.0. The van der Waals surface area contributed by atoms with Crippen molar-refractivity contribution >= 4 is 39.3 Å². The van der Waals surface area contributed by atoms with E-state index >= 15 is 4.39 Å². The van der Waals surface area contributed by atoms with Gasteiger partial charge in [-0.2, -0.15) is 0 Å². The molecule has 4 heterocycles. The maximum atomic E-state index is 15.1. The van der Waals surface area contributed by atoms with Gasteiger partial charge in [-0.05, 0) is 67.6 Å². The highest BCUT2D eigenvalue weighted by Crippen LogP contribution is 2.36. The summed E-state index contributed by atoms with van der Waals surface area (Å²) >= 11 is 1.72. The van der Waals surface area contributed by atoms with Gasteiger partial charge in [0.05, 0.1) is 16.8 Å². The van der Waals surface area contributed by atoms with E-state index in [2.05, 4.69) is 16.3 Å². The molecule has 1 N–H and O–H groups in total. The molecule has 1 atom stereocenters. The fourth-order valence-electron chi connectivity index (χ4n) is 5.50. The molecule has 3 aliphatic rings. The Kier molecular flexibility index (Phi) is 5.61. The molecule has 2 fully saturated rings. The number of para-hydroxylation sites is 1. The summed E-state index contributed by atoms with van der Waals surface area (Å²) < 4.78 is 16.3. The number of thiazole rings is 1. The molecule has 6 rings (SSSR count). The summed E-state index contributed by atoms with van der Waals surface area (Å²) in [6.45, 7) is 2.79. The quantitative estimate of drug-likeness (QED) is 0.563. The highest BCUT2D eigenvalue weighted by atomic mass is 32.1. The number of aromatic nitrogens is 1. The summed E-state index contributed by atoms with van der Waals surface area (Å²) in [5.74, 6) is -1.38. The van der Waals surface area contributed by atoms with Gasteiger partial charge in [-0.3, -0.25) is 24.6 Å². The molecule has 3 aliphatic heterocycles. The van der Waals surface area contributed by atoms with E-state index in [0.29, 0.717) is 17.5 Å². The number of carbonyl (C=O) groups excluding carboxylic acids is 3. The second-order valence-corrected chi connectivity index (χ2v) is 10.7. The van der Waals surface area contributed by atoms with Crippen molar-refractivity contribution in [2.24, 2.45) is 0 Å². The minimum absolute atomic E-state index is 0.0895. The zero-order chi connectivity index (χ0) is 24.1. The minimum atomic E-state index is -0.690. The molecule has 180 valence electrons. The number of imide groups is 1. The number of nitrogens with one attached hydrogen (secondary N) is 1. The minimum Gasteiger partial charge on any atom is -0.322 e. The molecule has 1 unspecified atom stereocenters. The largest absolute Gasteiger partial charge is 0.322 e. The van der Waals surface area contributed by atoms with Crippen LogP contribution in [0.1, 0.15) is 58.1 Å². The van der Waals surface area contributed by atoms with Crippen LogP contribution in [0, 0.1) is 5.82 Å². The Bertz CT molecular complexity index is 1310. The van der Waals surface area contributed by atoms with Crippen molar-refractivity contribution in [3.8, 4) is 0 Å². The highest BCUT2D eigenvalue weighted by Gasteiger charge is 2.40. The van der Waals surface area contributed by atoms with Crippen LogP contribution in [0.15, 0.2) is 36.4 Å². The molecule has 7 nitrogen and oxygen atoms in total. The molecule has 0 spiro atoms. The second kappa shape index (κ2) is 8.80. The average Bonchev–Trinajstić information content (AvgIpc) is 3.39. The molecule has 0 bridgehead atoms. The van der Waals surface area contributed by atoms with Gasteiger partial charge in [0, 0.05) is 18.5 Å². The van der Waals surface area contributed by atoms with Gasteiger partial charge in [0.2, 0.25) is 11.8 Å². The molecule has 0 radical (unpaired) electrons. The van der Waals surface area contributed by atoms with Crippen LogP contribution in [0.25, 0.3) is 10.2 Å². The number of amides is 3. The lowest BCUT2D eigenvalue weighted by molar-refractivity contribution is -0.136.